The van der Waals surface area contributed by atoms with Crippen LogP contribution < -0.4 is 0 Å². The fourth-order valence-electron chi connectivity index (χ4n) is 4.04. The Kier molecular flexibility index (Phi) is 14.6. The summed E-state index contributed by atoms with van der Waals surface area (Å²) in [4.78, 5) is 13.8. The van der Waals surface area contributed by atoms with Crippen molar-refractivity contribution in [3.05, 3.63) is 84.5 Å². The van der Waals surface area contributed by atoms with E-state index in [0.717, 1.165) is 29.0 Å². The first-order valence-electron chi connectivity index (χ1n) is 12.8. The number of ketones is 1. The number of halogens is 1. The van der Waals surface area contributed by atoms with Gasteiger partial charge in [-0.1, -0.05) is 115 Å². The van der Waals surface area contributed by atoms with E-state index in [1.54, 1.807) is 25.3 Å². The van der Waals surface area contributed by atoms with Crippen molar-refractivity contribution in [3.63, 3.8) is 0 Å². The SMILES string of the molecule is C=CN(Cc1ccccc1-c1ccc(F)cc1)/C(=C\CC)C(C)=O.CCCCCC(C)CCC. The van der Waals surface area contributed by atoms with Crippen LogP contribution in [0.5, 0.6) is 0 Å². The predicted molar refractivity (Wildman–Crippen MR) is 145 cm³/mol. The normalized spacial score (nSPS) is 11.9. The fourth-order valence-corrected chi connectivity index (χ4v) is 4.04. The second-order valence-corrected chi connectivity index (χ2v) is 8.92. The molecule has 2 nitrogen and oxygen atoms in total. The van der Waals surface area contributed by atoms with Gasteiger partial charge in [-0.2, -0.15) is 0 Å². The highest BCUT2D eigenvalue weighted by molar-refractivity contribution is 5.92. The molecule has 3 heteroatoms. The van der Waals surface area contributed by atoms with Gasteiger partial charge in [0.1, 0.15) is 5.82 Å². The molecule has 0 saturated carbocycles. The number of rotatable bonds is 13. The van der Waals surface area contributed by atoms with Gasteiger partial charge in [-0.15, -0.1) is 0 Å². The third-order valence-corrected chi connectivity index (χ3v) is 5.88. The monoisotopic (exact) mass is 465 g/mol. The quantitative estimate of drug-likeness (QED) is 0.217. The molecule has 0 amide bonds. The maximum atomic E-state index is 13.2. The maximum Gasteiger partial charge on any atom is 0.175 e. The lowest BCUT2D eigenvalue weighted by atomic mass is 9.99. The molecule has 0 aromatic heterocycles. The molecule has 0 bridgehead atoms. The van der Waals surface area contributed by atoms with Crippen LogP contribution in [-0.2, 0) is 11.3 Å². The molecule has 0 saturated heterocycles. The second-order valence-electron chi connectivity index (χ2n) is 8.92. The van der Waals surface area contributed by atoms with Crippen LogP contribution >= 0.6 is 0 Å². The third kappa shape index (κ3) is 10.5. The zero-order valence-corrected chi connectivity index (χ0v) is 21.9. The standard InChI is InChI=1S/C21H22FNO.C10H22/c1-4-8-21(16(3)24)23(5-2)15-18-9-6-7-10-20(18)17-11-13-19(22)14-12-17;1-4-6-7-9-10(3)8-5-2/h5-14H,2,4,15H2,1,3H3;10H,4-9H2,1-3H3/b21-8-;. The van der Waals surface area contributed by atoms with Crippen LogP contribution in [0.4, 0.5) is 4.39 Å². The number of unbranched alkanes of at least 4 members (excludes halogenated alkanes) is 2. The maximum absolute atomic E-state index is 13.2. The summed E-state index contributed by atoms with van der Waals surface area (Å²) >= 11 is 0. The topological polar surface area (TPSA) is 20.3 Å². The lowest BCUT2D eigenvalue weighted by Crippen LogP contribution is -2.21. The molecule has 186 valence electrons. The van der Waals surface area contributed by atoms with Crippen molar-refractivity contribution < 1.29 is 9.18 Å². The van der Waals surface area contributed by atoms with E-state index in [0.29, 0.717) is 12.2 Å². The van der Waals surface area contributed by atoms with E-state index < -0.39 is 0 Å². The Bertz CT molecular complexity index is 885. The molecule has 2 aromatic rings. The molecular formula is C31H44FNO. The average molecular weight is 466 g/mol. The summed E-state index contributed by atoms with van der Waals surface area (Å²) in [5.74, 6) is 0.723. The van der Waals surface area contributed by atoms with Crippen LogP contribution in [0, 0.1) is 11.7 Å². The zero-order valence-electron chi connectivity index (χ0n) is 21.9. The Hall–Kier alpha value is -2.68. The van der Waals surface area contributed by atoms with Crippen LogP contribution in [0.15, 0.2) is 73.1 Å². The molecular weight excluding hydrogens is 421 g/mol. The van der Waals surface area contributed by atoms with Crippen molar-refractivity contribution in [2.45, 2.75) is 86.1 Å². The minimum absolute atomic E-state index is 0.0102. The molecule has 0 aliphatic heterocycles. The van der Waals surface area contributed by atoms with E-state index in [-0.39, 0.29) is 11.6 Å². The summed E-state index contributed by atoms with van der Waals surface area (Å²) in [6.45, 7) is 14.8. The van der Waals surface area contributed by atoms with E-state index in [1.807, 2.05) is 42.2 Å². The molecule has 0 N–H and O–H groups in total. The Balaban J connectivity index is 0.000000489. The first-order chi connectivity index (χ1) is 16.4. The molecule has 2 rings (SSSR count). The summed E-state index contributed by atoms with van der Waals surface area (Å²) in [5.41, 5.74) is 3.65. The van der Waals surface area contributed by atoms with Crippen LogP contribution in [0.25, 0.3) is 11.1 Å². The van der Waals surface area contributed by atoms with Gasteiger partial charge in [0.05, 0.1) is 5.70 Å². The lowest BCUT2D eigenvalue weighted by molar-refractivity contribution is -0.114. The molecule has 0 spiro atoms. The number of nitrogens with zero attached hydrogens (tertiary/aromatic N) is 1. The summed E-state index contributed by atoms with van der Waals surface area (Å²) in [6.07, 6.45) is 12.8. The van der Waals surface area contributed by atoms with Gasteiger partial charge in [-0.05, 0) is 47.4 Å². The zero-order chi connectivity index (χ0) is 25.3. The van der Waals surface area contributed by atoms with Crippen LogP contribution in [-0.4, -0.2) is 10.7 Å². The molecule has 0 aliphatic rings. The molecule has 0 fully saturated rings. The lowest BCUT2D eigenvalue weighted by Gasteiger charge is -2.23. The van der Waals surface area contributed by atoms with Crippen molar-refractivity contribution in [1.29, 1.82) is 0 Å². The summed E-state index contributed by atoms with van der Waals surface area (Å²) in [5, 5.41) is 0. The third-order valence-electron chi connectivity index (χ3n) is 5.88. The van der Waals surface area contributed by atoms with E-state index in [1.165, 1.54) is 50.7 Å². The summed E-state index contributed by atoms with van der Waals surface area (Å²) < 4.78 is 13.2. The van der Waals surface area contributed by atoms with E-state index in [4.69, 9.17) is 0 Å². The van der Waals surface area contributed by atoms with Gasteiger partial charge in [0.2, 0.25) is 0 Å². The van der Waals surface area contributed by atoms with E-state index >= 15 is 0 Å². The van der Waals surface area contributed by atoms with Crippen molar-refractivity contribution in [3.8, 4) is 11.1 Å². The highest BCUT2D eigenvalue weighted by atomic mass is 19.1. The average Bonchev–Trinajstić information content (AvgIpc) is 2.83. The molecule has 2 aromatic carbocycles. The highest BCUT2D eigenvalue weighted by Gasteiger charge is 2.14. The van der Waals surface area contributed by atoms with Gasteiger partial charge in [-0.3, -0.25) is 4.79 Å². The van der Waals surface area contributed by atoms with Crippen molar-refractivity contribution in [2.24, 2.45) is 5.92 Å². The van der Waals surface area contributed by atoms with Gasteiger partial charge in [0.15, 0.2) is 5.78 Å². The van der Waals surface area contributed by atoms with Crippen LogP contribution in [0.2, 0.25) is 0 Å². The van der Waals surface area contributed by atoms with Crippen LogP contribution in [0.3, 0.4) is 0 Å². The van der Waals surface area contributed by atoms with Gasteiger partial charge in [-0.25, -0.2) is 4.39 Å². The molecule has 1 unspecified atom stereocenters. The number of carbonyl (C=O) groups is 1. The van der Waals surface area contributed by atoms with Crippen LogP contribution in [0.1, 0.15) is 85.1 Å². The smallest absolute Gasteiger partial charge is 0.175 e. The largest absolute Gasteiger partial charge is 0.342 e. The van der Waals surface area contributed by atoms with Crippen molar-refractivity contribution in [1.82, 2.24) is 4.90 Å². The van der Waals surface area contributed by atoms with E-state index in [2.05, 4.69) is 27.4 Å². The Morgan fingerprint density at radius 1 is 1.00 bits per heavy atom. The Morgan fingerprint density at radius 3 is 2.24 bits per heavy atom. The van der Waals surface area contributed by atoms with Gasteiger partial charge < -0.3 is 4.90 Å². The number of Topliss-reactive ketones (excluding diaryl/α,β-unsaturated/α-hetero) is 1. The molecule has 0 radical (unpaired) electrons. The number of allylic oxidation sites excluding steroid dienone is 2. The minimum Gasteiger partial charge on any atom is -0.342 e. The number of carbonyl (C=O) groups excluding carboxylic acids is 1. The Labute approximate surface area is 207 Å². The first kappa shape index (κ1) is 29.4. The molecule has 34 heavy (non-hydrogen) atoms. The highest BCUT2D eigenvalue weighted by Crippen LogP contribution is 2.26. The summed E-state index contributed by atoms with van der Waals surface area (Å²) in [6, 6.07) is 14.4. The first-order valence-corrected chi connectivity index (χ1v) is 12.8. The number of benzene rings is 2. The van der Waals surface area contributed by atoms with Gasteiger partial charge in [0.25, 0.3) is 0 Å². The van der Waals surface area contributed by atoms with Gasteiger partial charge in [0, 0.05) is 13.5 Å². The predicted octanol–water partition coefficient (Wildman–Crippen LogP) is 9.32. The van der Waals surface area contributed by atoms with Crippen molar-refractivity contribution >= 4 is 5.78 Å². The van der Waals surface area contributed by atoms with Crippen molar-refractivity contribution in [2.75, 3.05) is 0 Å². The van der Waals surface area contributed by atoms with E-state index in [9.17, 15) is 9.18 Å². The Morgan fingerprint density at radius 2 is 1.68 bits per heavy atom. The minimum atomic E-state index is -0.256. The second kappa shape index (κ2) is 16.9. The number of hydrogen-bond donors (Lipinski definition) is 0. The summed E-state index contributed by atoms with van der Waals surface area (Å²) in [7, 11) is 0. The molecule has 0 aliphatic carbocycles. The molecule has 0 heterocycles. The number of hydrogen-bond acceptors (Lipinski definition) is 2. The molecule has 1 atom stereocenters. The fraction of sp³-hybridized carbons (Fsp3) is 0.452. The van der Waals surface area contributed by atoms with Gasteiger partial charge >= 0.3 is 0 Å².